The van der Waals surface area contributed by atoms with Crippen molar-refractivity contribution in [1.82, 2.24) is 16.0 Å². The highest BCUT2D eigenvalue weighted by atomic mass is 16.4. The van der Waals surface area contributed by atoms with Crippen LogP contribution in [-0.4, -0.2) is 46.3 Å². The van der Waals surface area contributed by atoms with Gasteiger partial charge >= 0.3 is 11.9 Å². The quantitative estimate of drug-likeness (QED) is 0.214. The van der Waals surface area contributed by atoms with E-state index < -0.39 is 18.4 Å². The summed E-state index contributed by atoms with van der Waals surface area (Å²) in [7, 11) is 0. The number of nitrogens with one attached hydrogen (secondary N) is 3. The largest absolute Gasteiger partial charge is 0.481 e. The summed E-state index contributed by atoms with van der Waals surface area (Å²) in [5, 5.41) is 25.5. The average Bonchev–Trinajstić information content (AvgIpc) is 2.76. The van der Waals surface area contributed by atoms with Crippen molar-refractivity contribution in [2.75, 3.05) is 6.54 Å². The third kappa shape index (κ3) is 14.9. The van der Waals surface area contributed by atoms with E-state index in [9.17, 15) is 9.59 Å². The molecule has 9 heteroatoms. The number of aliphatic carboxylic acids is 2. The van der Waals surface area contributed by atoms with E-state index >= 15 is 0 Å². The molecule has 190 valence electrons. The highest BCUT2D eigenvalue weighted by molar-refractivity contribution is 6.01. The van der Waals surface area contributed by atoms with Crippen LogP contribution < -0.4 is 16.0 Å². The molecule has 5 N–H and O–H groups in total. The van der Waals surface area contributed by atoms with E-state index in [4.69, 9.17) is 15.2 Å². The molecule has 0 amide bonds. The van der Waals surface area contributed by atoms with Gasteiger partial charge in [-0.3, -0.25) is 19.9 Å². The summed E-state index contributed by atoms with van der Waals surface area (Å²) >= 11 is 0. The van der Waals surface area contributed by atoms with Crippen molar-refractivity contribution in [2.24, 2.45) is 9.98 Å². The van der Waals surface area contributed by atoms with Crippen molar-refractivity contribution in [3.63, 3.8) is 0 Å². The Morgan fingerprint density at radius 1 is 0.824 bits per heavy atom. The SMILES string of the molecule is CCCCCCCCCCN=C1NC(=NCc2ccccc2)NC(C)(C)N1.O=C(O)CC(=O)O. The van der Waals surface area contributed by atoms with Crippen LogP contribution in [0.3, 0.4) is 0 Å². The second kappa shape index (κ2) is 16.5. The Bertz CT molecular complexity index is 782. The van der Waals surface area contributed by atoms with Gasteiger partial charge in [0.25, 0.3) is 0 Å². The predicted molar refractivity (Wildman–Crippen MR) is 136 cm³/mol. The standard InChI is InChI=1S/C22H37N5.C3H4O4/c1-4-5-6-7-8-9-10-14-17-23-20-25-21(27-22(2,3)26-20)24-18-19-15-12-11-13-16-19;4-2(5)1-3(6)7/h11-13,15-16H,4-10,14,17-18H2,1-3H3,(H3,23,24,25,26,27);1H2,(H,4,5)(H,6,7). The lowest BCUT2D eigenvalue weighted by Crippen LogP contribution is -2.68. The van der Waals surface area contributed by atoms with Gasteiger partial charge in [0.1, 0.15) is 12.1 Å². The molecule has 0 radical (unpaired) electrons. The lowest BCUT2D eigenvalue weighted by molar-refractivity contribution is -0.147. The Kier molecular flexibility index (Phi) is 14.0. The number of unbranched alkanes of at least 4 members (excludes halogenated alkanes) is 7. The van der Waals surface area contributed by atoms with Crippen molar-refractivity contribution in [2.45, 2.75) is 90.8 Å². The summed E-state index contributed by atoms with van der Waals surface area (Å²) in [6.45, 7) is 7.96. The van der Waals surface area contributed by atoms with Crippen LogP contribution in [0.1, 0.15) is 84.1 Å². The molecular formula is C25H41N5O4. The molecule has 1 saturated heterocycles. The fraction of sp³-hybridized carbons (Fsp3) is 0.600. The fourth-order valence-electron chi connectivity index (χ4n) is 3.28. The van der Waals surface area contributed by atoms with Crippen LogP contribution in [0.4, 0.5) is 0 Å². The number of aliphatic imine (C=N–C) groups is 2. The molecule has 0 spiro atoms. The number of rotatable bonds is 13. The van der Waals surface area contributed by atoms with Crippen molar-refractivity contribution in [1.29, 1.82) is 0 Å². The monoisotopic (exact) mass is 475 g/mol. The molecule has 1 aromatic rings. The molecule has 0 atom stereocenters. The van der Waals surface area contributed by atoms with Crippen molar-refractivity contribution in [3.05, 3.63) is 35.9 Å². The highest BCUT2D eigenvalue weighted by Gasteiger charge is 2.26. The number of carboxylic acid groups (broad SMARTS) is 2. The third-order valence-corrected chi connectivity index (χ3v) is 4.95. The molecule has 34 heavy (non-hydrogen) atoms. The zero-order valence-electron chi connectivity index (χ0n) is 20.8. The van der Waals surface area contributed by atoms with Crippen molar-refractivity contribution >= 4 is 23.9 Å². The molecule has 2 rings (SSSR count). The second-order valence-corrected chi connectivity index (χ2v) is 8.82. The number of hydrogen-bond acceptors (Lipinski definition) is 4. The molecule has 1 aliphatic rings. The van der Waals surface area contributed by atoms with E-state index in [-0.39, 0.29) is 5.66 Å². The fourth-order valence-corrected chi connectivity index (χ4v) is 3.28. The van der Waals surface area contributed by atoms with Gasteiger partial charge < -0.3 is 20.8 Å². The van der Waals surface area contributed by atoms with E-state index in [1.165, 1.54) is 50.5 Å². The van der Waals surface area contributed by atoms with Gasteiger partial charge in [0, 0.05) is 6.54 Å². The van der Waals surface area contributed by atoms with Crippen LogP contribution in [0.25, 0.3) is 0 Å². The summed E-state index contributed by atoms with van der Waals surface area (Å²) in [6.07, 6.45) is 9.76. The summed E-state index contributed by atoms with van der Waals surface area (Å²) in [5.41, 5.74) is 0.932. The first-order valence-corrected chi connectivity index (χ1v) is 12.1. The van der Waals surface area contributed by atoms with Crippen LogP contribution in [0.2, 0.25) is 0 Å². The predicted octanol–water partition coefficient (Wildman–Crippen LogP) is 4.10. The third-order valence-electron chi connectivity index (χ3n) is 4.95. The zero-order valence-corrected chi connectivity index (χ0v) is 20.8. The van der Waals surface area contributed by atoms with Gasteiger partial charge in [-0.15, -0.1) is 0 Å². The lowest BCUT2D eigenvalue weighted by atomic mass is 10.1. The normalized spacial score (nSPS) is 16.6. The van der Waals surface area contributed by atoms with Crippen LogP contribution in [0.15, 0.2) is 40.3 Å². The zero-order chi connectivity index (χ0) is 25.2. The van der Waals surface area contributed by atoms with Crippen LogP contribution in [0, 0.1) is 0 Å². The first kappa shape index (κ1) is 28.9. The summed E-state index contributed by atoms with van der Waals surface area (Å²) in [5.74, 6) is -1.04. The molecule has 1 heterocycles. The van der Waals surface area contributed by atoms with Crippen LogP contribution in [-0.2, 0) is 16.1 Å². The van der Waals surface area contributed by atoms with E-state index in [1.807, 2.05) is 18.2 Å². The van der Waals surface area contributed by atoms with Crippen molar-refractivity contribution < 1.29 is 19.8 Å². The number of guanidine groups is 2. The Morgan fingerprint density at radius 2 is 1.35 bits per heavy atom. The van der Waals surface area contributed by atoms with E-state index in [2.05, 4.69) is 53.8 Å². The van der Waals surface area contributed by atoms with Gasteiger partial charge in [0.05, 0.1) is 6.54 Å². The minimum atomic E-state index is -1.31. The molecule has 0 unspecified atom stereocenters. The smallest absolute Gasteiger partial charge is 0.314 e. The summed E-state index contributed by atoms with van der Waals surface area (Å²) in [6, 6.07) is 10.3. The minimum absolute atomic E-state index is 0.265. The highest BCUT2D eigenvalue weighted by Crippen LogP contribution is 2.09. The topological polar surface area (TPSA) is 135 Å². The Balaban J connectivity index is 0.000000718. The van der Waals surface area contributed by atoms with Crippen molar-refractivity contribution in [3.8, 4) is 0 Å². The molecule has 0 aromatic heterocycles. The average molecular weight is 476 g/mol. The van der Waals surface area contributed by atoms with Gasteiger partial charge in [-0.2, -0.15) is 0 Å². The van der Waals surface area contributed by atoms with Crippen LogP contribution >= 0.6 is 0 Å². The molecular weight excluding hydrogens is 434 g/mol. The van der Waals surface area contributed by atoms with E-state index in [1.54, 1.807) is 0 Å². The number of carbonyl (C=O) groups is 2. The molecule has 9 nitrogen and oxygen atoms in total. The second-order valence-electron chi connectivity index (χ2n) is 8.82. The maximum Gasteiger partial charge on any atom is 0.314 e. The molecule has 1 aliphatic heterocycles. The van der Waals surface area contributed by atoms with Crippen LogP contribution in [0.5, 0.6) is 0 Å². The maximum absolute atomic E-state index is 9.43. The Labute approximate surface area is 203 Å². The first-order chi connectivity index (χ1) is 16.2. The first-order valence-electron chi connectivity index (χ1n) is 12.1. The number of nitrogens with zero attached hydrogens (tertiary/aromatic N) is 2. The Morgan fingerprint density at radius 3 is 1.88 bits per heavy atom. The van der Waals surface area contributed by atoms with Gasteiger partial charge in [-0.1, -0.05) is 82.2 Å². The van der Waals surface area contributed by atoms with E-state index in [0.717, 1.165) is 24.9 Å². The number of carboxylic acids is 2. The van der Waals surface area contributed by atoms with Gasteiger partial charge in [0.2, 0.25) is 0 Å². The Hall–Kier alpha value is -3.10. The molecule has 1 aromatic carbocycles. The summed E-state index contributed by atoms with van der Waals surface area (Å²) in [4.78, 5) is 28.2. The van der Waals surface area contributed by atoms with Gasteiger partial charge in [-0.25, -0.2) is 4.99 Å². The maximum atomic E-state index is 9.43. The molecule has 0 bridgehead atoms. The van der Waals surface area contributed by atoms with Gasteiger partial charge in [-0.05, 0) is 25.8 Å². The summed E-state index contributed by atoms with van der Waals surface area (Å²) < 4.78 is 0. The van der Waals surface area contributed by atoms with E-state index in [0.29, 0.717) is 6.54 Å². The molecule has 0 aliphatic carbocycles. The number of benzene rings is 1. The lowest BCUT2D eigenvalue weighted by Gasteiger charge is -2.36. The molecule has 0 saturated carbocycles. The number of hydrogen-bond donors (Lipinski definition) is 5. The molecule has 1 fully saturated rings. The van der Waals surface area contributed by atoms with Gasteiger partial charge in [0.15, 0.2) is 11.9 Å². The minimum Gasteiger partial charge on any atom is -0.481 e.